The van der Waals surface area contributed by atoms with E-state index in [0.717, 1.165) is 0 Å². The Morgan fingerprint density at radius 2 is 0.750 bits per heavy atom. The van der Waals surface area contributed by atoms with Gasteiger partial charge in [0.15, 0.2) is 0 Å². The van der Waals surface area contributed by atoms with Crippen LogP contribution in [-0.2, 0) is 0 Å². The van der Waals surface area contributed by atoms with Gasteiger partial charge in [0.05, 0.1) is 0 Å². The highest BCUT2D eigenvalue weighted by Crippen LogP contribution is 2.43. The van der Waals surface area contributed by atoms with E-state index in [9.17, 15) is 0 Å². The molecule has 0 spiro atoms. The van der Waals surface area contributed by atoms with Gasteiger partial charge in [-0.1, -0.05) is 133 Å². The van der Waals surface area contributed by atoms with E-state index in [0.29, 0.717) is 0 Å². The van der Waals surface area contributed by atoms with E-state index >= 15 is 0 Å². The van der Waals surface area contributed by atoms with Crippen LogP contribution in [0, 0.1) is 0 Å². The molecular weight excluding hydrogens is 480 g/mol. The van der Waals surface area contributed by atoms with Crippen molar-refractivity contribution in [2.24, 2.45) is 0 Å². The van der Waals surface area contributed by atoms with E-state index in [1.165, 1.54) is 86.9 Å². The van der Waals surface area contributed by atoms with Crippen LogP contribution >= 0.6 is 0 Å². The van der Waals surface area contributed by atoms with Crippen molar-refractivity contribution in [2.45, 2.75) is 0 Å². The van der Waals surface area contributed by atoms with Crippen LogP contribution in [0.25, 0.3) is 86.9 Å². The maximum Gasteiger partial charge on any atom is -0.00201 e. The molecule has 0 nitrogen and oxygen atoms in total. The third kappa shape index (κ3) is 3.02. The Balaban J connectivity index is 1.25. The second-order valence-electron chi connectivity index (χ2n) is 10.9. The molecule has 9 aromatic carbocycles. The first kappa shape index (κ1) is 21.7. The van der Waals surface area contributed by atoms with Crippen molar-refractivity contribution < 1.29 is 0 Å². The monoisotopic (exact) mass is 504 g/mol. The van der Waals surface area contributed by atoms with Gasteiger partial charge in [-0.2, -0.15) is 0 Å². The molecule has 0 amide bonds. The van der Waals surface area contributed by atoms with Crippen molar-refractivity contribution >= 4 is 64.6 Å². The van der Waals surface area contributed by atoms with Crippen molar-refractivity contribution in [3.8, 4) is 22.3 Å². The molecule has 0 heterocycles. The Hall–Kier alpha value is -5.20. The standard InChI is InChI=1S/C40H24/c1-2-11-31-25(7-1)8-3-12-32(31)29-19-17-28-24-30(20-18-27(28)23-29)33-21-22-38-36-14-5-10-26-9-4-13-35(39(26)36)37-16-6-15-34(33)40(37)38/h1-24H. The highest BCUT2D eigenvalue weighted by atomic mass is 14.2. The first-order valence-electron chi connectivity index (χ1n) is 13.9. The summed E-state index contributed by atoms with van der Waals surface area (Å²) in [5.41, 5.74) is 5.08. The Bertz CT molecular complexity index is 2370. The normalized spacial score (nSPS) is 12.0. The molecule has 0 aliphatic heterocycles. The largest absolute Gasteiger partial charge is 0.0616 e. The molecule has 0 aromatic heterocycles. The van der Waals surface area contributed by atoms with Crippen molar-refractivity contribution in [3.05, 3.63) is 146 Å². The lowest BCUT2D eigenvalue weighted by molar-refractivity contribution is 1.67. The third-order valence-corrected chi connectivity index (χ3v) is 8.78. The summed E-state index contributed by atoms with van der Waals surface area (Å²) < 4.78 is 0. The molecule has 0 heteroatoms. The number of rotatable bonds is 2. The summed E-state index contributed by atoms with van der Waals surface area (Å²) in [7, 11) is 0. The number of hydrogen-bond donors (Lipinski definition) is 0. The second kappa shape index (κ2) is 8.15. The first-order valence-corrected chi connectivity index (χ1v) is 13.9. The molecule has 0 unspecified atom stereocenters. The van der Waals surface area contributed by atoms with Crippen LogP contribution in [0.5, 0.6) is 0 Å². The Morgan fingerprint density at radius 3 is 1.50 bits per heavy atom. The van der Waals surface area contributed by atoms with E-state index in [4.69, 9.17) is 0 Å². The average Bonchev–Trinajstić information content (AvgIpc) is 3.02. The van der Waals surface area contributed by atoms with E-state index in [-0.39, 0.29) is 0 Å². The Morgan fingerprint density at radius 1 is 0.250 bits per heavy atom. The van der Waals surface area contributed by atoms with Gasteiger partial charge in [0.1, 0.15) is 0 Å². The zero-order valence-corrected chi connectivity index (χ0v) is 21.9. The summed E-state index contributed by atoms with van der Waals surface area (Å²) in [5, 5.41) is 15.8. The van der Waals surface area contributed by atoms with Crippen LogP contribution in [0.1, 0.15) is 0 Å². The zero-order valence-electron chi connectivity index (χ0n) is 21.9. The van der Waals surface area contributed by atoms with Crippen LogP contribution in [0.15, 0.2) is 146 Å². The van der Waals surface area contributed by atoms with E-state index < -0.39 is 0 Å². The highest BCUT2D eigenvalue weighted by molar-refractivity contribution is 6.34. The van der Waals surface area contributed by atoms with Gasteiger partial charge in [-0.3, -0.25) is 0 Å². The smallest absolute Gasteiger partial charge is 0.00201 e. The fourth-order valence-electron chi connectivity index (χ4n) is 6.96. The van der Waals surface area contributed by atoms with Gasteiger partial charge in [-0.25, -0.2) is 0 Å². The summed E-state index contributed by atoms with van der Waals surface area (Å²) in [6.45, 7) is 0. The van der Waals surface area contributed by atoms with Crippen molar-refractivity contribution in [1.82, 2.24) is 0 Å². The molecule has 0 aliphatic carbocycles. The predicted molar refractivity (Wildman–Crippen MR) is 174 cm³/mol. The summed E-state index contributed by atoms with van der Waals surface area (Å²) in [5.74, 6) is 0. The topological polar surface area (TPSA) is 0 Å². The van der Waals surface area contributed by atoms with Crippen molar-refractivity contribution in [1.29, 1.82) is 0 Å². The average molecular weight is 505 g/mol. The Kier molecular flexibility index (Phi) is 4.42. The molecule has 0 bridgehead atoms. The van der Waals surface area contributed by atoms with Crippen LogP contribution in [0.3, 0.4) is 0 Å². The van der Waals surface area contributed by atoms with Gasteiger partial charge in [-0.05, 0) is 99.0 Å². The van der Waals surface area contributed by atoms with E-state index in [1.54, 1.807) is 0 Å². The van der Waals surface area contributed by atoms with Gasteiger partial charge < -0.3 is 0 Å². The summed E-state index contributed by atoms with van der Waals surface area (Å²) >= 11 is 0. The maximum atomic E-state index is 2.35. The van der Waals surface area contributed by atoms with Gasteiger partial charge in [0, 0.05) is 0 Å². The molecule has 9 aromatic rings. The van der Waals surface area contributed by atoms with Crippen LogP contribution in [-0.4, -0.2) is 0 Å². The minimum atomic E-state index is 1.26. The number of fused-ring (bicyclic) bond motifs is 4. The lowest BCUT2D eigenvalue weighted by Crippen LogP contribution is -1.89. The van der Waals surface area contributed by atoms with E-state index in [2.05, 4.69) is 146 Å². The molecule has 0 atom stereocenters. The first-order chi connectivity index (χ1) is 19.8. The zero-order chi connectivity index (χ0) is 26.2. The SMILES string of the molecule is c1ccc2c(-c3ccc4cc(-c5ccc6c7cccc8cccc(c9cccc5c96)c87)ccc4c3)cccc2c1. The highest BCUT2D eigenvalue weighted by Gasteiger charge is 2.15. The number of hydrogen-bond acceptors (Lipinski definition) is 0. The fraction of sp³-hybridized carbons (Fsp3) is 0. The molecule has 0 N–H and O–H groups in total. The van der Waals surface area contributed by atoms with Gasteiger partial charge in [0.25, 0.3) is 0 Å². The third-order valence-electron chi connectivity index (χ3n) is 8.78. The molecule has 0 saturated carbocycles. The van der Waals surface area contributed by atoms with Gasteiger partial charge >= 0.3 is 0 Å². The Labute approximate surface area is 232 Å². The lowest BCUT2D eigenvalue weighted by atomic mass is 9.87. The molecule has 0 aliphatic rings. The predicted octanol–water partition coefficient (Wildman–Crippen LogP) is 11.4. The van der Waals surface area contributed by atoms with Crippen LogP contribution in [0.2, 0.25) is 0 Å². The quantitative estimate of drug-likeness (QED) is 0.162. The van der Waals surface area contributed by atoms with Crippen LogP contribution < -0.4 is 0 Å². The number of benzene rings is 9. The lowest BCUT2D eigenvalue weighted by Gasteiger charge is -2.17. The van der Waals surface area contributed by atoms with Gasteiger partial charge in [-0.15, -0.1) is 0 Å². The fourth-order valence-corrected chi connectivity index (χ4v) is 6.96. The molecule has 184 valence electrons. The molecule has 9 rings (SSSR count). The molecule has 0 radical (unpaired) electrons. The maximum absolute atomic E-state index is 2.35. The van der Waals surface area contributed by atoms with Crippen molar-refractivity contribution in [3.63, 3.8) is 0 Å². The minimum absolute atomic E-state index is 1.26. The van der Waals surface area contributed by atoms with Gasteiger partial charge in [0.2, 0.25) is 0 Å². The van der Waals surface area contributed by atoms with Crippen LogP contribution in [0.4, 0.5) is 0 Å². The molecular formula is C40H24. The van der Waals surface area contributed by atoms with E-state index in [1.807, 2.05) is 0 Å². The van der Waals surface area contributed by atoms with Crippen molar-refractivity contribution in [2.75, 3.05) is 0 Å². The summed E-state index contributed by atoms with van der Waals surface area (Å²) in [6.07, 6.45) is 0. The minimum Gasteiger partial charge on any atom is -0.0616 e. The molecule has 0 fully saturated rings. The molecule has 0 saturated heterocycles. The summed E-state index contributed by atoms with van der Waals surface area (Å²) in [6, 6.07) is 53.8. The molecule has 40 heavy (non-hydrogen) atoms. The summed E-state index contributed by atoms with van der Waals surface area (Å²) in [4.78, 5) is 0. The second-order valence-corrected chi connectivity index (χ2v) is 10.9.